The molecule has 35 heavy (non-hydrogen) atoms. The molecule has 1 saturated heterocycles. The highest BCUT2D eigenvalue weighted by atomic mass is 79.9. The number of fused-ring (bicyclic) bond motifs is 1. The number of rotatable bonds is 7. The third-order valence-corrected chi connectivity index (χ3v) is 9.46. The van der Waals surface area contributed by atoms with E-state index in [0.29, 0.717) is 23.7 Å². The van der Waals surface area contributed by atoms with Gasteiger partial charge in [-0.15, -0.1) is 11.3 Å². The van der Waals surface area contributed by atoms with Crippen LogP contribution in [-0.2, 0) is 27.4 Å². The molecule has 2 amide bonds. The Morgan fingerprint density at radius 1 is 1.06 bits per heavy atom. The molecule has 0 saturated carbocycles. The Morgan fingerprint density at radius 2 is 1.86 bits per heavy atom. The lowest BCUT2D eigenvalue weighted by atomic mass is 10.1. The first-order valence-corrected chi connectivity index (χ1v) is 14.4. The van der Waals surface area contributed by atoms with E-state index in [-0.39, 0.29) is 27.8 Å². The summed E-state index contributed by atoms with van der Waals surface area (Å²) < 4.78 is 37.5. The minimum absolute atomic E-state index is 0.0119. The number of hydrogen-bond donors (Lipinski definition) is 2. The van der Waals surface area contributed by atoms with Gasteiger partial charge in [0.15, 0.2) is 5.76 Å². The molecule has 1 aliphatic carbocycles. The average molecular weight is 579 g/mol. The van der Waals surface area contributed by atoms with Crippen LogP contribution in [0.25, 0.3) is 0 Å². The molecule has 8 nitrogen and oxygen atoms in total. The third-order valence-electron chi connectivity index (χ3n) is 6.08. The zero-order valence-corrected chi connectivity index (χ0v) is 21.9. The van der Waals surface area contributed by atoms with Crippen LogP contribution >= 0.6 is 27.3 Å². The molecule has 2 aromatic heterocycles. The van der Waals surface area contributed by atoms with Crippen LogP contribution in [0.1, 0.15) is 50.6 Å². The lowest BCUT2D eigenvalue weighted by Gasteiger charge is -2.12. The normalized spacial score (nSPS) is 17.3. The number of sulfone groups is 1. The summed E-state index contributed by atoms with van der Waals surface area (Å²) in [6.07, 6.45) is 4.52. The van der Waals surface area contributed by atoms with Crippen molar-refractivity contribution in [2.75, 3.05) is 18.5 Å². The van der Waals surface area contributed by atoms with E-state index >= 15 is 0 Å². The van der Waals surface area contributed by atoms with E-state index in [9.17, 15) is 18.0 Å². The second-order valence-electron chi connectivity index (χ2n) is 8.44. The average Bonchev–Trinajstić information content (AvgIpc) is 3.62. The maximum absolute atomic E-state index is 13.1. The van der Waals surface area contributed by atoms with Gasteiger partial charge in [0.05, 0.1) is 16.6 Å². The molecule has 184 valence electrons. The van der Waals surface area contributed by atoms with Gasteiger partial charge < -0.3 is 19.8 Å². The van der Waals surface area contributed by atoms with Crippen LogP contribution in [0.15, 0.2) is 55.3 Å². The summed E-state index contributed by atoms with van der Waals surface area (Å²) in [6, 6.07) is 8.72. The topological polar surface area (TPSA) is 115 Å². The Morgan fingerprint density at radius 3 is 2.60 bits per heavy atom. The molecule has 0 radical (unpaired) electrons. The molecular weight excluding hydrogens is 556 g/mol. The molecule has 1 unspecified atom stereocenters. The summed E-state index contributed by atoms with van der Waals surface area (Å²) in [5, 5.41) is 5.83. The number of halogens is 1. The Kier molecular flexibility index (Phi) is 6.84. The van der Waals surface area contributed by atoms with E-state index in [1.807, 2.05) is 0 Å². The predicted octanol–water partition coefficient (Wildman–Crippen LogP) is 4.59. The van der Waals surface area contributed by atoms with Crippen LogP contribution in [0.2, 0.25) is 0 Å². The van der Waals surface area contributed by atoms with Crippen LogP contribution in [-0.4, -0.2) is 39.5 Å². The van der Waals surface area contributed by atoms with Gasteiger partial charge in [-0.05, 0) is 74.1 Å². The van der Waals surface area contributed by atoms with Crippen molar-refractivity contribution in [3.8, 4) is 0 Å². The molecule has 3 heterocycles. The SMILES string of the molecule is O=C(Nc1sc2c(c1C(=O)NCC1CCCO1)CCC2)c1ccc(S(=O)(=O)c2ccc(Br)cc2)o1. The molecule has 0 spiro atoms. The third kappa shape index (κ3) is 4.95. The highest BCUT2D eigenvalue weighted by Gasteiger charge is 2.29. The first kappa shape index (κ1) is 24.2. The van der Waals surface area contributed by atoms with E-state index in [2.05, 4.69) is 26.6 Å². The van der Waals surface area contributed by atoms with E-state index in [4.69, 9.17) is 9.15 Å². The molecule has 1 fully saturated rings. The Balaban J connectivity index is 1.34. The van der Waals surface area contributed by atoms with Gasteiger partial charge >= 0.3 is 0 Å². The predicted molar refractivity (Wildman–Crippen MR) is 134 cm³/mol. The summed E-state index contributed by atoms with van der Waals surface area (Å²) in [5.74, 6) is -1.01. The van der Waals surface area contributed by atoms with E-state index in [0.717, 1.165) is 47.0 Å². The summed E-state index contributed by atoms with van der Waals surface area (Å²) in [5.41, 5.74) is 1.44. The molecule has 1 aliphatic heterocycles. The van der Waals surface area contributed by atoms with Crippen LogP contribution in [0.4, 0.5) is 5.00 Å². The van der Waals surface area contributed by atoms with Crippen molar-refractivity contribution in [3.63, 3.8) is 0 Å². The maximum atomic E-state index is 13.1. The van der Waals surface area contributed by atoms with Gasteiger partial charge in [0, 0.05) is 22.5 Å². The highest BCUT2D eigenvalue weighted by molar-refractivity contribution is 9.10. The second-order valence-corrected chi connectivity index (χ2v) is 12.3. The lowest BCUT2D eigenvalue weighted by Crippen LogP contribution is -2.32. The van der Waals surface area contributed by atoms with Gasteiger partial charge in [0.25, 0.3) is 11.8 Å². The van der Waals surface area contributed by atoms with Crippen molar-refractivity contribution in [1.29, 1.82) is 0 Å². The zero-order valence-electron chi connectivity index (χ0n) is 18.6. The lowest BCUT2D eigenvalue weighted by molar-refractivity contribution is 0.0858. The van der Waals surface area contributed by atoms with Crippen LogP contribution < -0.4 is 10.6 Å². The Labute approximate surface area is 215 Å². The smallest absolute Gasteiger partial charge is 0.292 e. The number of aryl methyl sites for hydroxylation is 1. The molecule has 2 aliphatic rings. The molecule has 11 heteroatoms. The van der Waals surface area contributed by atoms with Gasteiger partial charge in [0.2, 0.25) is 14.9 Å². The first-order valence-electron chi connectivity index (χ1n) is 11.3. The fraction of sp³-hybridized carbons (Fsp3) is 0.333. The van der Waals surface area contributed by atoms with Crippen molar-refractivity contribution < 1.29 is 27.2 Å². The standard InChI is InChI=1S/C24H23BrN2O6S2/c25-14-6-8-16(9-7-14)35(30,31)20-11-10-18(33-20)22(28)27-24-21(17-4-1-5-19(17)34-24)23(29)26-13-15-3-2-12-32-15/h6-11,15H,1-5,12-13H2,(H,26,29)(H,27,28). The number of ether oxygens (including phenoxy) is 1. The van der Waals surface area contributed by atoms with Gasteiger partial charge in [-0.1, -0.05) is 15.9 Å². The number of anilines is 1. The molecule has 2 N–H and O–H groups in total. The second kappa shape index (κ2) is 9.88. The largest absolute Gasteiger partial charge is 0.439 e. The molecular formula is C24H23BrN2O6S2. The van der Waals surface area contributed by atoms with Crippen molar-refractivity contribution in [1.82, 2.24) is 5.32 Å². The van der Waals surface area contributed by atoms with Crippen molar-refractivity contribution in [2.45, 2.75) is 48.2 Å². The van der Waals surface area contributed by atoms with Crippen LogP contribution in [0.5, 0.6) is 0 Å². The van der Waals surface area contributed by atoms with Crippen LogP contribution in [0.3, 0.4) is 0 Å². The minimum Gasteiger partial charge on any atom is -0.439 e. The maximum Gasteiger partial charge on any atom is 0.292 e. The zero-order chi connectivity index (χ0) is 24.6. The van der Waals surface area contributed by atoms with E-state index < -0.39 is 15.7 Å². The quantitative estimate of drug-likeness (QED) is 0.424. The number of furan rings is 1. The molecule has 1 atom stereocenters. The van der Waals surface area contributed by atoms with Crippen molar-refractivity contribution >= 4 is 53.9 Å². The fourth-order valence-electron chi connectivity index (χ4n) is 4.31. The molecule has 1 aromatic carbocycles. The van der Waals surface area contributed by atoms with E-state index in [1.54, 1.807) is 12.1 Å². The number of nitrogens with one attached hydrogen (secondary N) is 2. The summed E-state index contributed by atoms with van der Waals surface area (Å²) >= 11 is 4.66. The van der Waals surface area contributed by atoms with Gasteiger partial charge in [-0.25, -0.2) is 8.42 Å². The summed E-state index contributed by atoms with van der Waals surface area (Å²) in [4.78, 5) is 27.2. The van der Waals surface area contributed by atoms with E-state index in [1.165, 1.54) is 35.6 Å². The molecule has 0 bridgehead atoms. The van der Waals surface area contributed by atoms with Gasteiger partial charge in [-0.3, -0.25) is 9.59 Å². The first-order chi connectivity index (χ1) is 16.8. The number of thiophene rings is 1. The van der Waals surface area contributed by atoms with Gasteiger partial charge in [-0.2, -0.15) is 0 Å². The Bertz CT molecular complexity index is 1370. The fourth-order valence-corrected chi connectivity index (χ4v) is 7.03. The number of carbonyl (C=O) groups is 2. The summed E-state index contributed by atoms with van der Waals surface area (Å²) in [7, 11) is -3.92. The number of benzene rings is 1. The number of amides is 2. The monoisotopic (exact) mass is 578 g/mol. The van der Waals surface area contributed by atoms with Crippen LogP contribution in [0, 0.1) is 0 Å². The van der Waals surface area contributed by atoms with Gasteiger partial charge in [0.1, 0.15) is 5.00 Å². The highest BCUT2D eigenvalue weighted by Crippen LogP contribution is 2.39. The van der Waals surface area contributed by atoms with Crippen molar-refractivity contribution in [2.24, 2.45) is 0 Å². The molecule has 3 aromatic rings. The minimum atomic E-state index is -3.92. The number of hydrogen-bond acceptors (Lipinski definition) is 7. The van der Waals surface area contributed by atoms with Crippen molar-refractivity contribution in [3.05, 3.63) is 62.6 Å². The summed E-state index contributed by atoms with van der Waals surface area (Å²) in [6.45, 7) is 1.13. The number of carbonyl (C=O) groups excluding carboxylic acids is 2. The Hall–Kier alpha value is -2.47. The molecule has 5 rings (SSSR count).